The maximum atomic E-state index is 12.8. The van der Waals surface area contributed by atoms with Crippen molar-refractivity contribution in [2.24, 2.45) is 0 Å². The fraction of sp³-hybridized carbons (Fsp3) is 0.238. The van der Waals surface area contributed by atoms with E-state index in [-0.39, 0.29) is 6.10 Å². The Bertz CT molecular complexity index is 1040. The first-order valence-corrected chi connectivity index (χ1v) is 8.79. The summed E-state index contributed by atoms with van der Waals surface area (Å²) in [7, 11) is 0. The van der Waals surface area contributed by atoms with Crippen molar-refractivity contribution in [3.8, 4) is 6.07 Å². The van der Waals surface area contributed by atoms with Crippen molar-refractivity contribution in [3.63, 3.8) is 0 Å². The van der Waals surface area contributed by atoms with Gasteiger partial charge in [-0.05, 0) is 48.0 Å². The van der Waals surface area contributed by atoms with Gasteiger partial charge in [0.05, 0.1) is 29.3 Å². The van der Waals surface area contributed by atoms with Crippen molar-refractivity contribution < 1.29 is 17.9 Å². The van der Waals surface area contributed by atoms with Crippen LogP contribution in [0.2, 0.25) is 0 Å². The summed E-state index contributed by atoms with van der Waals surface area (Å²) in [5, 5.41) is 9.88. The van der Waals surface area contributed by atoms with Gasteiger partial charge >= 0.3 is 6.18 Å². The third-order valence-electron chi connectivity index (χ3n) is 4.80. The van der Waals surface area contributed by atoms with Crippen LogP contribution in [0.15, 0.2) is 54.6 Å². The Morgan fingerprint density at radius 2 is 1.86 bits per heavy atom. The number of halogens is 3. The first kappa shape index (κ1) is 18.3. The number of morpholine rings is 1. The number of hydrogen-bond acceptors (Lipinski definition) is 4. The minimum absolute atomic E-state index is 0.325. The third-order valence-corrected chi connectivity index (χ3v) is 4.80. The van der Waals surface area contributed by atoms with E-state index in [0.29, 0.717) is 30.8 Å². The van der Waals surface area contributed by atoms with Crippen molar-refractivity contribution >= 4 is 16.7 Å². The molecule has 4 rings (SSSR count). The lowest BCUT2D eigenvalue weighted by Crippen LogP contribution is -2.38. The lowest BCUT2D eigenvalue weighted by molar-refractivity contribution is -0.137. The van der Waals surface area contributed by atoms with Crippen LogP contribution >= 0.6 is 0 Å². The molecule has 0 aliphatic carbocycles. The van der Waals surface area contributed by atoms with Crippen molar-refractivity contribution in [2.45, 2.75) is 12.3 Å². The van der Waals surface area contributed by atoms with E-state index in [2.05, 4.69) is 16.0 Å². The van der Waals surface area contributed by atoms with Crippen LogP contribution in [0.4, 0.5) is 19.0 Å². The van der Waals surface area contributed by atoms with Gasteiger partial charge in [0.15, 0.2) is 0 Å². The van der Waals surface area contributed by atoms with E-state index in [9.17, 15) is 13.2 Å². The lowest BCUT2D eigenvalue weighted by Gasteiger charge is -2.34. The van der Waals surface area contributed by atoms with Gasteiger partial charge in [0.2, 0.25) is 0 Å². The molecule has 1 aliphatic rings. The van der Waals surface area contributed by atoms with E-state index in [1.54, 1.807) is 12.1 Å². The van der Waals surface area contributed by atoms with Crippen molar-refractivity contribution in [3.05, 3.63) is 71.3 Å². The molecule has 0 saturated carbocycles. The van der Waals surface area contributed by atoms with Crippen LogP contribution in [0.5, 0.6) is 0 Å². The highest BCUT2D eigenvalue weighted by Gasteiger charge is 2.31. The van der Waals surface area contributed by atoms with Crippen LogP contribution in [0.1, 0.15) is 22.8 Å². The minimum atomic E-state index is -4.35. The second-order valence-corrected chi connectivity index (χ2v) is 6.61. The molecule has 1 unspecified atom stereocenters. The van der Waals surface area contributed by atoms with Crippen LogP contribution in [-0.4, -0.2) is 24.7 Å². The molecule has 1 aliphatic heterocycles. The van der Waals surface area contributed by atoms with E-state index < -0.39 is 11.7 Å². The second kappa shape index (κ2) is 7.13. The molecule has 1 saturated heterocycles. The average molecular weight is 383 g/mol. The minimum Gasteiger partial charge on any atom is -0.370 e. The molecule has 3 aromatic rings. The number of rotatable bonds is 2. The van der Waals surface area contributed by atoms with Gasteiger partial charge in [0.25, 0.3) is 0 Å². The van der Waals surface area contributed by atoms with Crippen LogP contribution in [0, 0.1) is 11.3 Å². The molecule has 1 atom stereocenters. The molecular weight excluding hydrogens is 367 g/mol. The Kier molecular flexibility index (Phi) is 4.65. The van der Waals surface area contributed by atoms with Crippen LogP contribution in [0.25, 0.3) is 10.9 Å². The Morgan fingerprint density at radius 3 is 2.57 bits per heavy atom. The standard InChI is InChI=1S/C21H16F3N3O/c22-21(23,24)17-5-2-15(3-6-17)19-13-27(9-10-28-19)20-8-4-16-11-14(12-25)1-7-18(16)26-20/h1-8,11,19H,9-10,13H2. The molecule has 7 heteroatoms. The van der Waals surface area contributed by atoms with E-state index >= 15 is 0 Å². The smallest absolute Gasteiger partial charge is 0.370 e. The number of ether oxygens (including phenoxy) is 1. The summed E-state index contributed by atoms with van der Waals surface area (Å²) >= 11 is 0. The molecule has 142 valence electrons. The predicted molar refractivity (Wildman–Crippen MR) is 98.8 cm³/mol. The van der Waals surface area contributed by atoms with E-state index in [4.69, 9.17) is 10.00 Å². The fourth-order valence-corrected chi connectivity index (χ4v) is 3.31. The molecule has 0 bridgehead atoms. The van der Waals surface area contributed by atoms with Gasteiger partial charge in [-0.25, -0.2) is 4.98 Å². The molecule has 2 heterocycles. The maximum absolute atomic E-state index is 12.8. The van der Waals surface area contributed by atoms with Gasteiger partial charge in [-0.3, -0.25) is 0 Å². The van der Waals surface area contributed by atoms with Gasteiger partial charge in [0.1, 0.15) is 11.9 Å². The zero-order chi connectivity index (χ0) is 19.7. The molecule has 0 spiro atoms. The second-order valence-electron chi connectivity index (χ2n) is 6.61. The third kappa shape index (κ3) is 3.64. The Balaban J connectivity index is 1.55. The number of hydrogen-bond donors (Lipinski definition) is 0. The summed E-state index contributed by atoms with van der Waals surface area (Å²) in [4.78, 5) is 6.72. The highest BCUT2D eigenvalue weighted by molar-refractivity contribution is 5.81. The number of benzene rings is 2. The van der Waals surface area contributed by atoms with E-state index in [0.717, 1.165) is 28.9 Å². The summed E-state index contributed by atoms with van der Waals surface area (Å²) in [5.74, 6) is 0.775. The normalized spacial score (nSPS) is 17.5. The van der Waals surface area contributed by atoms with Crippen LogP contribution in [0.3, 0.4) is 0 Å². The molecule has 1 fully saturated rings. The molecule has 0 radical (unpaired) electrons. The Hall–Kier alpha value is -3.11. The molecular formula is C21H16F3N3O. The van der Waals surface area contributed by atoms with Crippen molar-refractivity contribution in [2.75, 3.05) is 24.6 Å². The van der Waals surface area contributed by atoms with Crippen molar-refractivity contribution in [1.29, 1.82) is 5.26 Å². The largest absolute Gasteiger partial charge is 0.416 e. The van der Waals surface area contributed by atoms with E-state index in [1.165, 1.54) is 12.1 Å². The molecule has 4 nitrogen and oxygen atoms in total. The highest BCUT2D eigenvalue weighted by atomic mass is 19.4. The molecule has 0 N–H and O–H groups in total. The zero-order valence-corrected chi connectivity index (χ0v) is 14.8. The summed E-state index contributed by atoms with van der Waals surface area (Å²) in [6, 6.07) is 16.3. The zero-order valence-electron chi connectivity index (χ0n) is 14.8. The average Bonchev–Trinajstić information content (AvgIpc) is 2.72. The predicted octanol–water partition coefficient (Wildman–Crippen LogP) is 4.70. The quantitative estimate of drug-likeness (QED) is 0.643. The highest BCUT2D eigenvalue weighted by Crippen LogP contribution is 2.32. The molecule has 0 amide bonds. The van der Waals surface area contributed by atoms with Crippen LogP contribution < -0.4 is 4.90 Å². The van der Waals surface area contributed by atoms with Gasteiger partial charge in [-0.2, -0.15) is 18.4 Å². The Morgan fingerprint density at radius 1 is 1.07 bits per heavy atom. The topological polar surface area (TPSA) is 49.2 Å². The lowest BCUT2D eigenvalue weighted by atomic mass is 10.0. The SMILES string of the molecule is N#Cc1ccc2nc(N3CCOC(c4ccc(C(F)(F)F)cc4)C3)ccc2c1. The summed E-state index contributed by atoms with van der Waals surface area (Å²) in [6.07, 6.45) is -4.67. The first-order valence-electron chi connectivity index (χ1n) is 8.79. The van der Waals surface area contributed by atoms with Gasteiger partial charge in [-0.15, -0.1) is 0 Å². The molecule has 28 heavy (non-hydrogen) atoms. The van der Waals surface area contributed by atoms with Crippen LogP contribution in [-0.2, 0) is 10.9 Å². The fourth-order valence-electron chi connectivity index (χ4n) is 3.31. The number of aromatic nitrogens is 1. The number of nitrogens with zero attached hydrogens (tertiary/aromatic N) is 3. The first-order chi connectivity index (χ1) is 13.4. The van der Waals surface area contributed by atoms with E-state index in [1.807, 2.05) is 18.2 Å². The monoisotopic (exact) mass is 383 g/mol. The van der Waals surface area contributed by atoms with Gasteiger partial charge < -0.3 is 9.64 Å². The number of fused-ring (bicyclic) bond motifs is 1. The van der Waals surface area contributed by atoms with Gasteiger partial charge in [-0.1, -0.05) is 12.1 Å². The molecule has 2 aromatic carbocycles. The molecule has 1 aromatic heterocycles. The number of alkyl halides is 3. The summed E-state index contributed by atoms with van der Waals surface area (Å²) < 4.78 is 44.0. The summed E-state index contributed by atoms with van der Waals surface area (Å²) in [6.45, 7) is 1.60. The number of pyridine rings is 1. The number of nitriles is 1. The van der Waals surface area contributed by atoms with Crippen molar-refractivity contribution in [1.82, 2.24) is 4.98 Å². The Labute approximate surface area is 159 Å². The number of anilines is 1. The summed E-state index contributed by atoms with van der Waals surface area (Å²) in [5.41, 5.74) is 1.40. The van der Waals surface area contributed by atoms with Gasteiger partial charge in [0, 0.05) is 18.5 Å². The maximum Gasteiger partial charge on any atom is 0.416 e.